The first-order chi connectivity index (χ1) is 6.86. The summed E-state index contributed by atoms with van der Waals surface area (Å²) < 4.78 is 0. The second kappa shape index (κ2) is 3.22. The van der Waals surface area contributed by atoms with Crippen molar-refractivity contribution in [1.29, 1.82) is 0 Å². The third-order valence-corrected chi connectivity index (χ3v) is 4.49. The van der Waals surface area contributed by atoms with Gasteiger partial charge in [-0.3, -0.25) is 4.79 Å². The SMILES string of the molecule is O=C1CCC[C@@H]2C=C[C@@H]3CCC[C@@H]3[C@H]12. The highest BCUT2D eigenvalue weighted by Gasteiger charge is 2.43. The van der Waals surface area contributed by atoms with Gasteiger partial charge in [0.05, 0.1) is 0 Å². The van der Waals surface area contributed by atoms with E-state index in [1.54, 1.807) is 0 Å². The molecular weight excluding hydrogens is 172 g/mol. The number of ketones is 1. The Balaban J connectivity index is 1.92. The van der Waals surface area contributed by atoms with Crippen molar-refractivity contribution in [2.75, 3.05) is 0 Å². The van der Waals surface area contributed by atoms with Gasteiger partial charge in [0, 0.05) is 12.3 Å². The first-order valence-corrected chi connectivity index (χ1v) is 6.07. The Labute approximate surface area is 85.6 Å². The molecule has 76 valence electrons. The second-order valence-electron chi connectivity index (χ2n) is 5.19. The number of carbonyl (C=O) groups is 1. The number of rotatable bonds is 0. The molecule has 2 saturated carbocycles. The van der Waals surface area contributed by atoms with E-state index in [0.29, 0.717) is 17.6 Å². The Hall–Kier alpha value is -0.590. The molecule has 2 fully saturated rings. The highest BCUT2D eigenvalue weighted by atomic mass is 16.1. The van der Waals surface area contributed by atoms with Crippen LogP contribution in [0.15, 0.2) is 12.2 Å². The summed E-state index contributed by atoms with van der Waals surface area (Å²) in [7, 11) is 0. The zero-order valence-corrected chi connectivity index (χ0v) is 8.61. The number of hydrogen-bond acceptors (Lipinski definition) is 1. The van der Waals surface area contributed by atoms with Crippen LogP contribution in [0.4, 0.5) is 0 Å². The Kier molecular flexibility index (Phi) is 2.00. The summed E-state index contributed by atoms with van der Waals surface area (Å²) in [5.41, 5.74) is 0. The van der Waals surface area contributed by atoms with Gasteiger partial charge < -0.3 is 0 Å². The molecule has 0 bridgehead atoms. The highest BCUT2D eigenvalue weighted by molar-refractivity contribution is 5.83. The molecule has 0 aromatic carbocycles. The minimum absolute atomic E-state index is 0.418. The average molecular weight is 190 g/mol. The fourth-order valence-corrected chi connectivity index (χ4v) is 3.86. The Morgan fingerprint density at radius 3 is 2.71 bits per heavy atom. The molecule has 0 amide bonds. The van der Waals surface area contributed by atoms with Crippen molar-refractivity contribution >= 4 is 5.78 Å². The van der Waals surface area contributed by atoms with Gasteiger partial charge in [-0.1, -0.05) is 18.6 Å². The van der Waals surface area contributed by atoms with E-state index in [-0.39, 0.29) is 0 Å². The lowest BCUT2D eigenvalue weighted by Crippen LogP contribution is -2.37. The van der Waals surface area contributed by atoms with Crippen LogP contribution in [0.3, 0.4) is 0 Å². The Morgan fingerprint density at radius 1 is 1.00 bits per heavy atom. The molecule has 4 atom stereocenters. The third-order valence-electron chi connectivity index (χ3n) is 4.49. The molecule has 3 aliphatic rings. The molecular formula is C13H18O. The maximum absolute atomic E-state index is 11.9. The summed E-state index contributed by atoms with van der Waals surface area (Å²) in [5, 5.41) is 0. The van der Waals surface area contributed by atoms with E-state index < -0.39 is 0 Å². The zero-order chi connectivity index (χ0) is 9.54. The number of hydrogen-bond donors (Lipinski definition) is 0. The van der Waals surface area contributed by atoms with Crippen molar-refractivity contribution in [3.63, 3.8) is 0 Å². The first kappa shape index (κ1) is 8.70. The summed E-state index contributed by atoms with van der Waals surface area (Å²) >= 11 is 0. The average Bonchev–Trinajstić information content (AvgIpc) is 2.65. The zero-order valence-electron chi connectivity index (χ0n) is 8.61. The molecule has 0 N–H and O–H groups in total. The van der Waals surface area contributed by atoms with E-state index in [4.69, 9.17) is 0 Å². The lowest BCUT2D eigenvalue weighted by Gasteiger charge is -2.38. The summed E-state index contributed by atoms with van der Waals surface area (Å²) in [6.07, 6.45) is 12.0. The molecule has 0 aromatic rings. The summed E-state index contributed by atoms with van der Waals surface area (Å²) in [4.78, 5) is 11.9. The molecule has 0 saturated heterocycles. The van der Waals surface area contributed by atoms with Crippen LogP contribution in [0.5, 0.6) is 0 Å². The maximum Gasteiger partial charge on any atom is 0.136 e. The minimum Gasteiger partial charge on any atom is -0.299 e. The van der Waals surface area contributed by atoms with E-state index in [1.807, 2.05) is 0 Å². The van der Waals surface area contributed by atoms with Gasteiger partial charge in [-0.15, -0.1) is 0 Å². The van der Waals surface area contributed by atoms with Gasteiger partial charge in [0.1, 0.15) is 5.78 Å². The minimum atomic E-state index is 0.418. The van der Waals surface area contributed by atoms with Crippen LogP contribution in [-0.2, 0) is 4.79 Å². The van der Waals surface area contributed by atoms with E-state index >= 15 is 0 Å². The van der Waals surface area contributed by atoms with Gasteiger partial charge in [0.2, 0.25) is 0 Å². The molecule has 1 heteroatoms. The van der Waals surface area contributed by atoms with Crippen LogP contribution in [0.25, 0.3) is 0 Å². The van der Waals surface area contributed by atoms with Crippen molar-refractivity contribution in [1.82, 2.24) is 0 Å². The predicted octanol–water partition coefficient (Wildman–Crippen LogP) is 2.96. The molecule has 0 spiro atoms. The number of allylic oxidation sites excluding steroid dienone is 2. The fraction of sp³-hybridized carbons (Fsp3) is 0.769. The van der Waals surface area contributed by atoms with Crippen LogP contribution >= 0.6 is 0 Å². The fourth-order valence-electron chi connectivity index (χ4n) is 3.86. The van der Waals surface area contributed by atoms with Crippen molar-refractivity contribution in [2.24, 2.45) is 23.7 Å². The summed E-state index contributed by atoms with van der Waals surface area (Å²) in [6, 6.07) is 0. The smallest absolute Gasteiger partial charge is 0.136 e. The number of fused-ring (bicyclic) bond motifs is 3. The van der Waals surface area contributed by atoms with Crippen LogP contribution in [-0.4, -0.2) is 5.78 Å². The lowest BCUT2D eigenvalue weighted by molar-refractivity contribution is -0.128. The molecule has 3 aliphatic carbocycles. The maximum atomic E-state index is 11.9. The normalized spacial score (nSPS) is 46.1. The van der Waals surface area contributed by atoms with Crippen molar-refractivity contribution < 1.29 is 4.79 Å². The van der Waals surface area contributed by atoms with Crippen molar-refractivity contribution in [2.45, 2.75) is 38.5 Å². The van der Waals surface area contributed by atoms with Crippen molar-refractivity contribution in [3.8, 4) is 0 Å². The van der Waals surface area contributed by atoms with Crippen LogP contribution in [0, 0.1) is 23.7 Å². The molecule has 0 unspecified atom stereocenters. The van der Waals surface area contributed by atoms with Gasteiger partial charge in [0.25, 0.3) is 0 Å². The third kappa shape index (κ3) is 1.18. The first-order valence-electron chi connectivity index (χ1n) is 6.07. The molecule has 1 nitrogen and oxygen atoms in total. The molecule has 0 heterocycles. The second-order valence-corrected chi connectivity index (χ2v) is 5.19. The summed E-state index contributed by atoms with van der Waals surface area (Å²) in [6.45, 7) is 0. The largest absolute Gasteiger partial charge is 0.299 e. The van der Waals surface area contributed by atoms with Crippen molar-refractivity contribution in [3.05, 3.63) is 12.2 Å². The van der Waals surface area contributed by atoms with Gasteiger partial charge in [-0.2, -0.15) is 0 Å². The van der Waals surface area contributed by atoms with E-state index in [1.165, 1.54) is 25.7 Å². The predicted molar refractivity (Wildman–Crippen MR) is 55.8 cm³/mol. The van der Waals surface area contributed by atoms with Gasteiger partial charge in [-0.05, 0) is 43.4 Å². The molecule has 14 heavy (non-hydrogen) atoms. The summed E-state index contributed by atoms with van der Waals surface area (Å²) in [5.74, 6) is 3.07. The van der Waals surface area contributed by atoms with Crippen LogP contribution in [0.1, 0.15) is 38.5 Å². The molecule has 0 aromatic heterocycles. The number of carbonyl (C=O) groups excluding carboxylic acids is 1. The highest BCUT2D eigenvalue weighted by Crippen LogP contribution is 2.48. The topological polar surface area (TPSA) is 17.1 Å². The number of Topliss-reactive ketones (excluding diaryl/α,β-unsaturated/α-hetero) is 1. The van der Waals surface area contributed by atoms with E-state index in [2.05, 4.69) is 12.2 Å². The lowest BCUT2D eigenvalue weighted by atomic mass is 9.65. The van der Waals surface area contributed by atoms with Crippen LogP contribution in [0.2, 0.25) is 0 Å². The van der Waals surface area contributed by atoms with E-state index in [9.17, 15) is 4.79 Å². The Morgan fingerprint density at radius 2 is 1.79 bits per heavy atom. The molecule has 3 rings (SSSR count). The molecule has 0 aliphatic heterocycles. The molecule has 0 radical (unpaired) electrons. The monoisotopic (exact) mass is 190 g/mol. The standard InChI is InChI=1S/C13H18O/c14-12-6-2-4-10-8-7-9-3-1-5-11(9)13(10)12/h7-11,13H,1-6H2/t9-,10+,11-,13+/m0/s1. The van der Waals surface area contributed by atoms with Crippen LogP contribution < -0.4 is 0 Å². The van der Waals surface area contributed by atoms with Gasteiger partial charge >= 0.3 is 0 Å². The van der Waals surface area contributed by atoms with Gasteiger partial charge in [0.15, 0.2) is 0 Å². The van der Waals surface area contributed by atoms with Gasteiger partial charge in [-0.25, -0.2) is 0 Å². The quantitative estimate of drug-likeness (QED) is 0.537. The Bertz CT molecular complexity index is 279. The van der Waals surface area contributed by atoms with E-state index in [0.717, 1.165) is 24.7 Å².